The number of aliphatic carboxylic acids is 1. The van der Waals surface area contributed by atoms with Crippen LogP contribution in [0.1, 0.15) is 18.4 Å². The molecule has 1 aromatic heterocycles. The lowest BCUT2D eigenvalue weighted by Gasteiger charge is -2.13. The maximum absolute atomic E-state index is 13.1. The lowest BCUT2D eigenvalue weighted by atomic mass is 10.1. The zero-order valence-electron chi connectivity index (χ0n) is 19.1. The van der Waals surface area contributed by atoms with Crippen molar-refractivity contribution in [1.82, 2.24) is 14.7 Å². The Bertz CT molecular complexity index is 1290. The second-order valence-electron chi connectivity index (χ2n) is 7.67. The number of hydrogen-bond acceptors (Lipinski definition) is 7. The quantitative estimate of drug-likeness (QED) is 0.297. The molecular formula is C25H23N3O4S3. The van der Waals surface area contributed by atoms with Crippen LogP contribution in [0.5, 0.6) is 5.75 Å². The molecule has 2 heterocycles. The van der Waals surface area contributed by atoms with Crippen LogP contribution in [0.25, 0.3) is 17.3 Å². The Balaban J connectivity index is 1.71. The van der Waals surface area contributed by atoms with E-state index < -0.39 is 5.97 Å². The number of hydrogen-bond donors (Lipinski definition) is 1. The van der Waals surface area contributed by atoms with Gasteiger partial charge in [-0.3, -0.25) is 19.2 Å². The lowest BCUT2D eigenvalue weighted by Crippen LogP contribution is -2.29. The summed E-state index contributed by atoms with van der Waals surface area (Å²) < 4.78 is 7.51. The Morgan fingerprint density at radius 1 is 1.20 bits per heavy atom. The van der Waals surface area contributed by atoms with E-state index in [1.807, 2.05) is 72.4 Å². The van der Waals surface area contributed by atoms with Gasteiger partial charge in [0.15, 0.2) is 0 Å². The second-order valence-corrected chi connectivity index (χ2v) is 10.4. The zero-order chi connectivity index (χ0) is 24.9. The van der Waals surface area contributed by atoms with Crippen LogP contribution in [0.2, 0.25) is 0 Å². The number of thiocarbonyl (C=S) groups is 1. The smallest absolute Gasteiger partial charge is 0.303 e. The topological polar surface area (TPSA) is 84.7 Å². The number of carboxylic acid groups (broad SMARTS) is 1. The number of carbonyl (C=O) groups excluding carboxylic acids is 1. The maximum Gasteiger partial charge on any atom is 0.303 e. The number of aryl methyl sites for hydroxylation is 1. The molecule has 4 rings (SSSR count). The molecule has 0 radical (unpaired) electrons. The fraction of sp³-hybridized carbons (Fsp3) is 0.200. The molecule has 10 heteroatoms. The molecule has 0 aliphatic carbocycles. The highest BCUT2D eigenvalue weighted by Crippen LogP contribution is 2.40. The second kappa shape index (κ2) is 11.1. The molecule has 180 valence electrons. The molecule has 2 aromatic carbocycles. The minimum absolute atomic E-state index is 0.0144. The number of methoxy groups -OCH3 is 1. The van der Waals surface area contributed by atoms with Gasteiger partial charge in [-0.2, -0.15) is 5.10 Å². The number of rotatable bonds is 9. The fourth-order valence-electron chi connectivity index (χ4n) is 3.55. The average Bonchev–Trinajstić information content (AvgIpc) is 3.30. The Labute approximate surface area is 217 Å². The Kier molecular flexibility index (Phi) is 7.94. The van der Waals surface area contributed by atoms with Gasteiger partial charge in [0.1, 0.15) is 20.8 Å². The number of carbonyl (C=O) groups is 2. The zero-order valence-corrected chi connectivity index (χ0v) is 21.6. The van der Waals surface area contributed by atoms with Crippen molar-refractivity contribution in [1.29, 1.82) is 0 Å². The van der Waals surface area contributed by atoms with Crippen molar-refractivity contribution in [3.05, 3.63) is 65.1 Å². The number of nitrogens with zero attached hydrogens (tertiary/aromatic N) is 3. The van der Waals surface area contributed by atoms with Crippen LogP contribution in [-0.4, -0.2) is 49.6 Å². The number of ether oxygens (including phenoxy) is 1. The van der Waals surface area contributed by atoms with Gasteiger partial charge in [-0.15, -0.1) is 0 Å². The molecule has 1 N–H and O–H groups in total. The Morgan fingerprint density at radius 2 is 1.91 bits per heavy atom. The van der Waals surface area contributed by atoms with Crippen molar-refractivity contribution in [2.45, 2.75) is 22.8 Å². The third kappa shape index (κ3) is 5.77. The first-order valence-corrected chi connectivity index (χ1v) is 12.8. The van der Waals surface area contributed by atoms with Crippen molar-refractivity contribution >= 4 is 58.0 Å². The van der Waals surface area contributed by atoms with Gasteiger partial charge in [0, 0.05) is 36.0 Å². The summed E-state index contributed by atoms with van der Waals surface area (Å²) in [6.07, 6.45) is 2.17. The first-order valence-electron chi connectivity index (χ1n) is 10.8. The van der Waals surface area contributed by atoms with Gasteiger partial charge >= 0.3 is 5.97 Å². The standard InChI is InChI=1S/C25H23N3O4S3/c1-27-24(34-18-12-10-17(32-2)11-13-18)19(22(26-27)16-7-4-3-5-8-16)15-20-23(31)28(25(33)35-20)14-6-9-21(29)30/h3-5,7-8,10-13,15H,6,9,14H2,1-2H3,(H,29,30). The van der Waals surface area contributed by atoms with Crippen LogP contribution in [-0.2, 0) is 16.6 Å². The van der Waals surface area contributed by atoms with E-state index in [1.165, 1.54) is 16.7 Å². The molecule has 0 unspecified atom stereocenters. The molecule has 0 saturated carbocycles. The van der Waals surface area contributed by atoms with Gasteiger partial charge in [0.2, 0.25) is 0 Å². The molecule has 1 aliphatic rings. The highest BCUT2D eigenvalue weighted by molar-refractivity contribution is 8.26. The molecule has 1 fully saturated rings. The first-order chi connectivity index (χ1) is 16.9. The van der Waals surface area contributed by atoms with E-state index in [1.54, 1.807) is 18.9 Å². The van der Waals surface area contributed by atoms with Crippen molar-refractivity contribution in [3.63, 3.8) is 0 Å². The van der Waals surface area contributed by atoms with Crippen LogP contribution < -0.4 is 4.74 Å². The number of carboxylic acids is 1. The molecular weight excluding hydrogens is 502 g/mol. The van der Waals surface area contributed by atoms with Crippen LogP contribution in [0.3, 0.4) is 0 Å². The molecule has 7 nitrogen and oxygen atoms in total. The summed E-state index contributed by atoms with van der Waals surface area (Å²) in [5.41, 5.74) is 2.53. The molecule has 1 saturated heterocycles. The van der Waals surface area contributed by atoms with Crippen LogP contribution in [0, 0.1) is 0 Å². The molecule has 0 spiro atoms. The van der Waals surface area contributed by atoms with Crippen molar-refractivity contribution in [3.8, 4) is 17.0 Å². The number of thioether (sulfide) groups is 1. The normalized spacial score (nSPS) is 14.7. The highest BCUT2D eigenvalue weighted by Gasteiger charge is 2.32. The minimum atomic E-state index is -0.894. The molecule has 1 aliphatic heterocycles. The van der Waals surface area contributed by atoms with E-state index in [0.717, 1.165) is 32.5 Å². The minimum Gasteiger partial charge on any atom is -0.497 e. The van der Waals surface area contributed by atoms with Crippen LogP contribution in [0.4, 0.5) is 0 Å². The lowest BCUT2D eigenvalue weighted by molar-refractivity contribution is -0.137. The summed E-state index contributed by atoms with van der Waals surface area (Å²) in [4.78, 5) is 27.0. The number of amides is 1. The van der Waals surface area contributed by atoms with Gasteiger partial charge in [-0.1, -0.05) is 66.1 Å². The van der Waals surface area contributed by atoms with E-state index in [4.69, 9.17) is 27.2 Å². The summed E-state index contributed by atoms with van der Waals surface area (Å²) in [5, 5.41) is 14.6. The van der Waals surface area contributed by atoms with E-state index in [9.17, 15) is 9.59 Å². The molecule has 0 atom stereocenters. The number of aromatic nitrogens is 2. The maximum atomic E-state index is 13.1. The highest BCUT2D eigenvalue weighted by atomic mass is 32.2. The summed E-state index contributed by atoms with van der Waals surface area (Å²) in [5.74, 6) is -0.334. The van der Waals surface area contributed by atoms with E-state index in [0.29, 0.717) is 15.6 Å². The van der Waals surface area contributed by atoms with Gasteiger partial charge in [-0.05, 0) is 36.8 Å². The van der Waals surface area contributed by atoms with Gasteiger partial charge in [-0.25, -0.2) is 0 Å². The fourth-order valence-corrected chi connectivity index (χ4v) is 5.78. The number of benzene rings is 2. The monoisotopic (exact) mass is 525 g/mol. The molecule has 35 heavy (non-hydrogen) atoms. The third-order valence-corrected chi connectivity index (χ3v) is 7.84. The first kappa shape index (κ1) is 25.0. The summed E-state index contributed by atoms with van der Waals surface area (Å²) in [7, 11) is 3.51. The molecule has 0 bridgehead atoms. The van der Waals surface area contributed by atoms with Gasteiger partial charge < -0.3 is 9.84 Å². The van der Waals surface area contributed by atoms with Gasteiger partial charge in [0.25, 0.3) is 5.91 Å². The Morgan fingerprint density at radius 3 is 2.57 bits per heavy atom. The molecule has 3 aromatic rings. The third-order valence-electron chi connectivity index (χ3n) is 5.27. The van der Waals surface area contributed by atoms with Crippen LogP contribution in [0.15, 0.2) is 69.4 Å². The van der Waals surface area contributed by atoms with Crippen molar-refractivity contribution in [2.75, 3.05) is 13.7 Å². The average molecular weight is 526 g/mol. The van der Waals surface area contributed by atoms with Crippen LogP contribution >= 0.6 is 35.7 Å². The molecule has 1 amide bonds. The Hall–Kier alpha value is -3.08. The summed E-state index contributed by atoms with van der Waals surface area (Å²) in [6, 6.07) is 17.6. The largest absolute Gasteiger partial charge is 0.497 e. The van der Waals surface area contributed by atoms with Crippen molar-refractivity contribution in [2.24, 2.45) is 7.05 Å². The van der Waals surface area contributed by atoms with E-state index in [2.05, 4.69) is 0 Å². The van der Waals surface area contributed by atoms with E-state index >= 15 is 0 Å². The summed E-state index contributed by atoms with van der Waals surface area (Å²) >= 11 is 8.20. The predicted octanol–water partition coefficient (Wildman–Crippen LogP) is 5.31. The van der Waals surface area contributed by atoms with Gasteiger partial charge in [0.05, 0.1) is 12.0 Å². The summed E-state index contributed by atoms with van der Waals surface area (Å²) in [6.45, 7) is 0.278. The van der Waals surface area contributed by atoms with E-state index in [-0.39, 0.29) is 18.9 Å². The predicted molar refractivity (Wildman–Crippen MR) is 143 cm³/mol. The van der Waals surface area contributed by atoms with Crippen molar-refractivity contribution < 1.29 is 19.4 Å². The SMILES string of the molecule is COc1ccc(Sc2c(C=C3SC(=S)N(CCCC(=O)O)C3=O)c(-c3ccccc3)nn2C)cc1.